The molecule has 1 spiro atoms. The van der Waals surface area contributed by atoms with E-state index >= 15 is 0 Å². The number of benzene rings is 2. The Labute approximate surface area is 208 Å². The molecule has 2 aromatic carbocycles. The first-order valence-corrected chi connectivity index (χ1v) is 12.3. The minimum absolute atomic E-state index is 0.285. The van der Waals surface area contributed by atoms with Crippen molar-refractivity contribution in [2.24, 2.45) is 5.92 Å². The van der Waals surface area contributed by atoms with Crippen LogP contribution in [0, 0.1) is 24.2 Å². The van der Waals surface area contributed by atoms with Crippen molar-refractivity contribution in [1.29, 1.82) is 5.26 Å². The summed E-state index contributed by atoms with van der Waals surface area (Å²) in [4.78, 5) is 19.1. The molecule has 182 valence electrons. The van der Waals surface area contributed by atoms with Crippen LogP contribution in [0.2, 0.25) is 0 Å². The van der Waals surface area contributed by atoms with Crippen molar-refractivity contribution in [3.05, 3.63) is 71.8 Å². The highest BCUT2D eigenvalue weighted by atomic mass is 16.6. The molecule has 2 aliphatic rings. The normalized spacial score (nSPS) is 21.7. The van der Waals surface area contributed by atoms with Crippen LogP contribution in [-0.2, 0) is 17.8 Å². The lowest BCUT2D eigenvalue weighted by atomic mass is 9.78. The summed E-state index contributed by atoms with van der Waals surface area (Å²) in [6.07, 6.45) is 7.18. The first-order valence-electron chi connectivity index (χ1n) is 12.3. The summed E-state index contributed by atoms with van der Waals surface area (Å²) in [6.45, 7) is 3.77. The number of aryl methyl sites for hydroxylation is 1. The third-order valence-electron chi connectivity index (χ3n) is 7.34. The molecule has 2 aromatic heterocycles. The van der Waals surface area contributed by atoms with E-state index in [4.69, 9.17) is 4.74 Å². The number of imidazole rings is 1. The van der Waals surface area contributed by atoms with Crippen LogP contribution in [0.1, 0.15) is 42.5 Å². The van der Waals surface area contributed by atoms with Gasteiger partial charge in [0.15, 0.2) is 0 Å². The SMILES string of the molecule is Cc1ccc(-n2cc(CN3CC4(CCCC(Cn5cnc6ccc(C#N)cc65)C4)OC3=O)nn2)cc1. The van der Waals surface area contributed by atoms with Gasteiger partial charge in [-0.3, -0.25) is 4.90 Å². The summed E-state index contributed by atoms with van der Waals surface area (Å²) in [7, 11) is 0. The van der Waals surface area contributed by atoms with Crippen LogP contribution in [0.3, 0.4) is 0 Å². The predicted molar refractivity (Wildman–Crippen MR) is 132 cm³/mol. The molecule has 3 heterocycles. The number of amides is 1. The Morgan fingerprint density at radius 1 is 1.22 bits per heavy atom. The zero-order valence-corrected chi connectivity index (χ0v) is 20.2. The van der Waals surface area contributed by atoms with Crippen LogP contribution < -0.4 is 0 Å². The van der Waals surface area contributed by atoms with Gasteiger partial charge in [-0.2, -0.15) is 5.26 Å². The molecule has 1 amide bonds. The van der Waals surface area contributed by atoms with Gasteiger partial charge >= 0.3 is 6.09 Å². The van der Waals surface area contributed by atoms with Gasteiger partial charge in [-0.1, -0.05) is 22.9 Å². The quantitative estimate of drug-likeness (QED) is 0.419. The van der Waals surface area contributed by atoms with Crippen molar-refractivity contribution in [2.45, 2.75) is 51.3 Å². The number of hydrogen-bond acceptors (Lipinski definition) is 6. The van der Waals surface area contributed by atoms with Crippen molar-refractivity contribution >= 4 is 17.1 Å². The molecule has 1 saturated heterocycles. The minimum atomic E-state index is -0.471. The number of hydrogen-bond donors (Lipinski definition) is 0. The van der Waals surface area contributed by atoms with Gasteiger partial charge < -0.3 is 9.30 Å². The maximum Gasteiger partial charge on any atom is 0.410 e. The molecule has 2 unspecified atom stereocenters. The number of carbonyl (C=O) groups is 1. The van der Waals surface area contributed by atoms with Gasteiger partial charge in [0, 0.05) is 6.54 Å². The molecule has 0 bridgehead atoms. The fourth-order valence-corrected chi connectivity index (χ4v) is 5.59. The molecule has 0 N–H and O–H groups in total. The maximum absolute atomic E-state index is 12.8. The van der Waals surface area contributed by atoms with Crippen molar-refractivity contribution in [3.63, 3.8) is 0 Å². The van der Waals surface area contributed by atoms with Crippen molar-refractivity contribution in [2.75, 3.05) is 6.54 Å². The van der Waals surface area contributed by atoms with Gasteiger partial charge in [0.05, 0.1) is 54.0 Å². The van der Waals surface area contributed by atoms with Gasteiger partial charge in [-0.05, 0) is 68.9 Å². The second-order valence-corrected chi connectivity index (χ2v) is 10.1. The number of rotatable bonds is 5. The van der Waals surface area contributed by atoms with Gasteiger partial charge in [0.25, 0.3) is 0 Å². The summed E-state index contributed by atoms with van der Waals surface area (Å²) in [5.74, 6) is 0.358. The third-order valence-corrected chi connectivity index (χ3v) is 7.34. The first kappa shape index (κ1) is 22.3. The van der Waals surface area contributed by atoms with Crippen LogP contribution in [-0.4, -0.2) is 47.7 Å². The van der Waals surface area contributed by atoms with Crippen molar-refractivity contribution in [3.8, 4) is 11.8 Å². The minimum Gasteiger partial charge on any atom is -0.441 e. The fraction of sp³-hybridized carbons (Fsp3) is 0.370. The number of aromatic nitrogens is 5. The Kier molecular flexibility index (Phi) is 5.44. The standard InChI is InChI=1S/C27H27N7O2/c1-19-4-7-23(8-5-19)34-16-22(30-31-34)15-32-17-27(36-26(32)35)10-2-3-21(12-27)14-33-18-29-24-9-6-20(13-28)11-25(24)33/h4-9,11,16,18,21H,2-3,10,12,14-15,17H2,1H3. The summed E-state index contributed by atoms with van der Waals surface area (Å²) < 4.78 is 9.87. The van der Waals surface area contributed by atoms with E-state index in [-0.39, 0.29) is 6.09 Å². The number of fused-ring (bicyclic) bond motifs is 1. The van der Waals surface area contributed by atoms with E-state index < -0.39 is 5.60 Å². The van der Waals surface area contributed by atoms with E-state index in [1.807, 2.05) is 55.8 Å². The Balaban J connectivity index is 1.14. The summed E-state index contributed by atoms with van der Waals surface area (Å²) in [5, 5.41) is 17.8. The molecule has 0 radical (unpaired) electrons. The molecular weight excluding hydrogens is 454 g/mol. The molecular formula is C27H27N7O2. The highest BCUT2D eigenvalue weighted by molar-refractivity contribution is 5.77. The number of nitrogens with zero attached hydrogens (tertiary/aromatic N) is 7. The lowest BCUT2D eigenvalue weighted by Crippen LogP contribution is -2.40. The molecule has 1 aliphatic carbocycles. The van der Waals surface area contributed by atoms with E-state index in [0.29, 0.717) is 24.6 Å². The molecule has 1 aliphatic heterocycles. The smallest absolute Gasteiger partial charge is 0.410 e. The average Bonchev–Trinajstić information content (AvgIpc) is 3.58. The molecule has 6 rings (SSSR count). The van der Waals surface area contributed by atoms with Crippen LogP contribution >= 0.6 is 0 Å². The highest BCUT2D eigenvalue weighted by Gasteiger charge is 2.48. The van der Waals surface area contributed by atoms with E-state index in [9.17, 15) is 10.1 Å². The highest BCUT2D eigenvalue weighted by Crippen LogP contribution is 2.41. The topological polar surface area (TPSA) is 102 Å². The van der Waals surface area contributed by atoms with Gasteiger partial charge in [0.2, 0.25) is 0 Å². The second kappa shape index (κ2) is 8.79. The van der Waals surface area contributed by atoms with Crippen LogP contribution in [0.15, 0.2) is 55.0 Å². The molecule has 1 saturated carbocycles. The van der Waals surface area contributed by atoms with Crippen LogP contribution in [0.25, 0.3) is 16.7 Å². The summed E-state index contributed by atoms with van der Waals surface area (Å²) >= 11 is 0. The van der Waals surface area contributed by atoms with E-state index in [0.717, 1.165) is 54.6 Å². The molecule has 2 atom stereocenters. The summed E-state index contributed by atoms with van der Waals surface area (Å²) in [5.41, 5.74) is 4.86. The Morgan fingerprint density at radius 3 is 2.92 bits per heavy atom. The van der Waals surface area contributed by atoms with Crippen molar-refractivity contribution in [1.82, 2.24) is 29.4 Å². The zero-order chi connectivity index (χ0) is 24.7. The summed E-state index contributed by atoms with van der Waals surface area (Å²) in [6, 6.07) is 15.8. The van der Waals surface area contributed by atoms with Crippen LogP contribution in [0.5, 0.6) is 0 Å². The lowest BCUT2D eigenvalue weighted by Gasteiger charge is -2.36. The monoisotopic (exact) mass is 481 g/mol. The average molecular weight is 482 g/mol. The molecule has 4 aromatic rings. The Hall–Kier alpha value is -4.19. The largest absolute Gasteiger partial charge is 0.441 e. The Morgan fingerprint density at radius 2 is 2.08 bits per heavy atom. The second-order valence-electron chi connectivity index (χ2n) is 10.1. The van der Waals surface area contributed by atoms with E-state index in [1.54, 1.807) is 15.6 Å². The van der Waals surface area contributed by atoms with Gasteiger partial charge in [-0.15, -0.1) is 5.10 Å². The number of carbonyl (C=O) groups excluding carboxylic acids is 1. The van der Waals surface area contributed by atoms with Gasteiger partial charge in [-0.25, -0.2) is 14.5 Å². The molecule has 36 heavy (non-hydrogen) atoms. The number of nitriles is 1. The van der Waals surface area contributed by atoms with Crippen LogP contribution in [0.4, 0.5) is 4.79 Å². The number of ether oxygens (including phenoxy) is 1. The molecule has 9 nitrogen and oxygen atoms in total. The maximum atomic E-state index is 12.8. The van der Waals surface area contributed by atoms with E-state index in [1.165, 1.54) is 5.56 Å². The first-order chi connectivity index (χ1) is 17.5. The van der Waals surface area contributed by atoms with E-state index in [2.05, 4.69) is 25.9 Å². The van der Waals surface area contributed by atoms with Crippen molar-refractivity contribution < 1.29 is 9.53 Å². The predicted octanol–water partition coefficient (Wildman–Crippen LogP) is 4.38. The zero-order valence-electron chi connectivity index (χ0n) is 20.2. The van der Waals surface area contributed by atoms with Gasteiger partial charge in [0.1, 0.15) is 11.3 Å². The lowest BCUT2D eigenvalue weighted by molar-refractivity contribution is 0.00415. The third kappa shape index (κ3) is 4.19. The fourth-order valence-electron chi connectivity index (χ4n) is 5.59. The molecule has 2 fully saturated rings. The molecule has 9 heteroatoms. The Bertz CT molecular complexity index is 1470.